The third-order valence-corrected chi connectivity index (χ3v) is 2.38. The number of hydrogen-bond donors (Lipinski definition) is 1. The Labute approximate surface area is 78.0 Å². The molecule has 0 radical (unpaired) electrons. The Kier molecular flexibility index (Phi) is 2.63. The van der Waals surface area contributed by atoms with E-state index in [2.05, 4.69) is 13.8 Å². The first-order chi connectivity index (χ1) is 5.52. The SMILES string of the molecule is Cc1c(Cl)cc(O)cc1C(C)C. The Morgan fingerprint density at radius 3 is 2.42 bits per heavy atom. The molecule has 2 heteroatoms. The molecule has 0 aliphatic carbocycles. The highest BCUT2D eigenvalue weighted by Crippen LogP contribution is 2.29. The first-order valence-electron chi connectivity index (χ1n) is 4.01. The molecule has 0 unspecified atom stereocenters. The molecule has 1 nitrogen and oxygen atoms in total. The van der Waals surface area contributed by atoms with Crippen LogP contribution in [-0.2, 0) is 0 Å². The Morgan fingerprint density at radius 1 is 1.33 bits per heavy atom. The quantitative estimate of drug-likeness (QED) is 0.709. The fourth-order valence-electron chi connectivity index (χ4n) is 1.28. The highest BCUT2D eigenvalue weighted by atomic mass is 35.5. The summed E-state index contributed by atoms with van der Waals surface area (Å²) >= 11 is 5.90. The van der Waals surface area contributed by atoms with E-state index in [-0.39, 0.29) is 5.75 Å². The number of hydrogen-bond acceptors (Lipinski definition) is 1. The van der Waals surface area contributed by atoms with Crippen LogP contribution < -0.4 is 0 Å². The van der Waals surface area contributed by atoms with Gasteiger partial charge in [0.05, 0.1) is 0 Å². The highest BCUT2D eigenvalue weighted by Gasteiger charge is 2.07. The van der Waals surface area contributed by atoms with Crippen molar-refractivity contribution in [1.82, 2.24) is 0 Å². The van der Waals surface area contributed by atoms with Gasteiger partial charge in [0, 0.05) is 5.02 Å². The summed E-state index contributed by atoms with van der Waals surface area (Å²) in [7, 11) is 0. The molecule has 0 amide bonds. The van der Waals surface area contributed by atoms with Crippen molar-refractivity contribution in [1.29, 1.82) is 0 Å². The van der Waals surface area contributed by atoms with Crippen LogP contribution in [0.15, 0.2) is 12.1 Å². The number of phenolic OH excluding ortho intramolecular Hbond substituents is 1. The van der Waals surface area contributed by atoms with Gasteiger partial charge in [0.1, 0.15) is 5.75 Å². The van der Waals surface area contributed by atoms with E-state index in [4.69, 9.17) is 11.6 Å². The van der Waals surface area contributed by atoms with Gasteiger partial charge < -0.3 is 5.11 Å². The molecule has 66 valence electrons. The van der Waals surface area contributed by atoms with Crippen molar-refractivity contribution in [2.24, 2.45) is 0 Å². The molecule has 0 aliphatic rings. The van der Waals surface area contributed by atoms with Crippen molar-refractivity contribution in [2.45, 2.75) is 26.7 Å². The zero-order chi connectivity index (χ0) is 9.30. The van der Waals surface area contributed by atoms with Gasteiger partial charge in [0.2, 0.25) is 0 Å². The normalized spacial score (nSPS) is 10.8. The van der Waals surface area contributed by atoms with E-state index in [0.717, 1.165) is 11.1 Å². The van der Waals surface area contributed by atoms with Gasteiger partial charge in [-0.3, -0.25) is 0 Å². The van der Waals surface area contributed by atoms with E-state index in [1.165, 1.54) is 0 Å². The molecule has 12 heavy (non-hydrogen) atoms. The largest absolute Gasteiger partial charge is 0.508 e. The van der Waals surface area contributed by atoms with Gasteiger partial charge in [-0.05, 0) is 36.1 Å². The predicted molar refractivity (Wildman–Crippen MR) is 51.9 cm³/mol. The maximum absolute atomic E-state index is 9.28. The molecule has 0 atom stereocenters. The van der Waals surface area contributed by atoms with E-state index >= 15 is 0 Å². The molecule has 0 bridgehead atoms. The summed E-state index contributed by atoms with van der Waals surface area (Å²) in [5.41, 5.74) is 2.17. The number of rotatable bonds is 1. The fourth-order valence-corrected chi connectivity index (χ4v) is 1.51. The smallest absolute Gasteiger partial charge is 0.117 e. The average Bonchev–Trinajstić information content (AvgIpc) is 1.96. The summed E-state index contributed by atoms with van der Waals surface area (Å²) in [5, 5.41) is 9.92. The lowest BCUT2D eigenvalue weighted by Crippen LogP contribution is -1.92. The third-order valence-electron chi connectivity index (χ3n) is 1.99. The lowest BCUT2D eigenvalue weighted by molar-refractivity contribution is 0.474. The van der Waals surface area contributed by atoms with E-state index in [0.29, 0.717) is 10.9 Å². The highest BCUT2D eigenvalue weighted by molar-refractivity contribution is 6.31. The van der Waals surface area contributed by atoms with E-state index in [1.54, 1.807) is 12.1 Å². The van der Waals surface area contributed by atoms with Crippen molar-refractivity contribution < 1.29 is 5.11 Å². The molecule has 0 heterocycles. The molecule has 0 spiro atoms. The first kappa shape index (κ1) is 9.40. The molecule has 1 aromatic carbocycles. The summed E-state index contributed by atoms with van der Waals surface area (Å²) in [5.74, 6) is 0.642. The van der Waals surface area contributed by atoms with Gasteiger partial charge in [-0.15, -0.1) is 0 Å². The van der Waals surface area contributed by atoms with Crippen molar-refractivity contribution >= 4 is 11.6 Å². The minimum atomic E-state index is 0.245. The third kappa shape index (κ3) is 1.72. The standard InChI is InChI=1S/C10H13ClO/c1-6(2)9-4-8(12)5-10(11)7(9)3/h4-6,12H,1-3H3. The molecule has 0 saturated carbocycles. The second-order valence-electron chi connectivity index (χ2n) is 3.30. The molecule has 1 rings (SSSR count). The first-order valence-corrected chi connectivity index (χ1v) is 4.39. The molecular formula is C10H13ClO. The molecule has 0 fully saturated rings. The van der Waals surface area contributed by atoms with Crippen molar-refractivity contribution in [2.75, 3.05) is 0 Å². The number of aromatic hydroxyl groups is 1. The molecule has 1 aromatic rings. The van der Waals surface area contributed by atoms with Crippen molar-refractivity contribution in [3.8, 4) is 5.75 Å². The van der Waals surface area contributed by atoms with E-state index in [9.17, 15) is 5.11 Å². The Bertz CT molecular complexity index is 292. The molecular weight excluding hydrogens is 172 g/mol. The van der Waals surface area contributed by atoms with Crippen LogP contribution in [0.1, 0.15) is 30.9 Å². The molecule has 0 saturated heterocycles. The van der Waals surface area contributed by atoms with Gasteiger partial charge in [-0.2, -0.15) is 0 Å². The van der Waals surface area contributed by atoms with Crippen LogP contribution in [0.2, 0.25) is 5.02 Å². The lowest BCUT2D eigenvalue weighted by atomic mass is 9.98. The molecule has 0 aromatic heterocycles. The number of benzene rings is 1. The summed E-state index contributed by atoms with van der Waals surface area (Å²) < 4.78 is 0. The van der Waals surface area contributed by atoms with Crippen LogP contribution in [-0.4, -0.2) is 5.11 Å². The van der Waals surface area contributed by atoms with Crippen LogP contribution in [0.3, 0.4) is 0 Å². The number of halogens is 1. The second kappa shape index (κ2) is 3.36. The Balaban J connectivity index is 3.28. The van der Waals surface area contributed by atoms with Crippen LogP contribution >= 0.6 is 11.6 Å². The zero-order valence-corrected chi connectivity index (χ0v) is 8.31. The van der Waals surface area contributed by atoms with Crippen LogP contribution in [0.25, 0.3) is 0 Å². The van der Waals surface area contributed by atoms with Crippen molar-refractivity contribution in [3.63, 3.8) is 0 Å². The van der Waals surface area contributed by atoms with Gasteiger partial charge >= 0.3 is 0 Å². The minimum Gasteiger partial charge on any atom is -0.508 e. The van der Waals surface area contributed by atoms with Crippen molar-refractivity contribution in [3.05, 3.63) is 28.3 Å². The second-order valence-corrected chi connectivity index (χ2v) is 3.70. The van der Waals surface area contributed by atoms with Crippen LogP contribution in [0.5, 0.6) is 5.75 Å². The summed E-state index contributed by atoms with van der Waals surface area (Å²) in [4.78, 5) is 0. The van der Waals surface area contributed by atoms with Gasteiger partial charge in [0.25, 0.3) is 0 Å². The monoisotopic (exact) mass is 184 g/mol. The Hall–Kier alpha value is -0.690. The lowest BCUT2D eigenvalue weighted by Gasteiger charge is -2.11. The maximum atomic E-state index is 9.28. The summed E-state index contributed by atoms with van der Waals surface area (Å²) in [6.45, 7) is 6.13. The molecule has 0 aliphatic heterocycles. The maximum Gasteiger partial charge on any atom is 0.117 e. The van der Waals surface area contributed by atoms with Gasteiger partial charge in [-0.1, -0.05) is 25.4 Å². The van der Waals surface area contributed by atoms with Crippen LogP contribution in [0.4, 0.5) is 0 Å². The summed E-state index contributed by atoms with van der Waals surface area (Å²) in [6, 6.07) is 3.34. The van der Waals surface area contributed by atoms with E-state index < -0.39 is 0 Å². The predicted octanol–water partition coefficient (Wildman–Crippen LogP) is 3.48. The Morgan fingerprint density at radius 2 is 1.92 bits per heavy atom. The van der Waals surface area contributed by atoms with Gasteiger partial charge in [-0.25, -0.2) is 0 Å². The minimum absolute atomic E-state index is 0.245. The van der Waals surface area contributed by atoms with Gasteiger partial charge in [0.15, 0.2) is 0 Å². The fraction of sp³-hybridized carbons (Fsp3) is 0.400. The summed E-state index contributed by atoms with van der Waals surface area (Å²) in [6.07, 6.45) is 0. The molecule has 1 N–H and O–H groups in total. The topological polar surface area (TPSA) is 20.2 Å². The average molecular weight is 185 g/mol. The zero-order valence-electron chi connectivity index (χ0n) is 7.56. The van der Waals surface area contributed by atoms with E-state index in [1.807, 2.05) is 6.92 Å². The number of phenols is 1. The van der Waals surface area contributed by atoms with Crippen LogP contribution in [0, 0.1) is 6.92 Å².